The van der Waals surface area contributed by atoms with E-state index >= 15 is 0 Å². The molecule has 228 valence electrons. The largest absolute Gasteiger partial charge is 0.373 e. The predicted octanol–water partition coefficient (Wildman–Crippen LogP) is 6.92. The lowest BCUT2D eigenvalue weighted by Gasteiger charge is -2.45. The van der Waals surface area contributed by atoms with E-state index in [1.54, 1.807) is 4.31 Å². The van der Waals surface area contributed by atoms with Crippen LogP contribution in [0.1, 0.15) is 103 Å². The third kappa shape index (κ3) is 5.10. The minimum absolute atomic E-state index is 0.335. The Labute approximate surface area is 249 Å². The molecule has 1 aromatic rings. The van der Waals surface area contributed by atoms with Gasteiger partial charge < -0.3 is 10.2 Å². The summed E-state index contributed by atoms with van der Waals surface area (Å²) >= 11 is 0. The van der Waals surface area contributed by atoms with Crippen molar-refractivity contribution in [2.24, 2.45) is 33.1 Å². The number of anilines is 2. The third-order valence-electron chi connectivity index (χ3n) is 12.1. The highest BCUT2D eigenvalue weighted by atomic mass is 32.2. The average molecular weight is 583 g/mol. The Bertz CT molecular complexity index is 1280. The maximum atomic E-state index is 14.6. The highest BCUT2D eigenvalue weighted by Crippen LogP contribution is 2.76. The molecular formula is C34H54N4O2S. The van der Waals surface area contributed by atoms with Crippen LogP contribution in [0.15, 0.2) is 23.2 Å². The van der Waals surface area contributed by atoms with Gasteiger partial charge >= 0.3 is 0 Å². The number of nitrogens with zero attached hydrogens (tertiary/aromatic N) is 3. The number of sulfonamides is 1. The Morgan fingerprint density at radius 3 is 2.78 bits per heavy atom. The van der Waals surface area contributed by atoms with Crippen LogP contribution in [0.2, 0.25) is 0 Å². The number of aryl methyl sites for hydroxylation is 1. The van der Waals surface area contributed by atoms with Crippen LogP contribution in [0.25, 0.3) is 0 Å². The van der Waals surface area contributed by atoms with Crippen molar-refractivity contribution in [2.75, 3.05) is 42.4 Å². The fraction of sp³-hybridized carbons (Fsp3) is 0.794. The van der Waals surface area contributed by atoms with Crippen molar-refractivity contribution >= 4 is 27.2 Å². The van der Waals surface area contributed by atoms with E-state index in [1.165, 1.54) is 57.8 Å². The van der Waals surface area contributed by atoms with Gasteiger partial charge in [0.2, 0.25) is 10.0 Å². The molecule has 7 heteroatoms. The van der Waals surface area contributed by atoms with Gasteiger partial charge in [0, 0.05) is 26.6 Å². The average Bonchev–Trinajstić information content (AvgIpc) is 3.62. The number of benzene rings is 1. The molecule has 6 unspecified atom stereocenters. The van der Waals surface area contributed by atoms with E-state index < -0.39 is 15.3 Å². The van der Waals surface area contributed by atoms with E-state index in [9.17, 15) is 8.42 Å². The molecule has 4 saturated carbocycles. The van der Waals surface area contributed by atoms with Crippen molar-refractivity contribution in [1.29, 1.82) is 0 Å². The zero-order chi connectivity index (χ0) is 29.0. The Morgan fingerprint density at radius 2 is 1.98 bits per heavy atom. The Morgan fingerprint density at radius 1 is 1.15 bits per heavy atom. The second kappa shape index (κ2) is 10.7. The van der Waals surface area contributed by atoms with Crippen molar-refractivity contribution in [2.45, 2.75) is 110 Å². The highest BCUT2D eigenvalue weighted by molar-refractivity contribution is 7.93. The van der Waals surface area contributed by atoms with Crippen molar-refractivity contribution in [1.82, 2.24) is 5.32 Å². The number of para-hydroxylation sites is 1. The van der Waals surface area contributed by atoms with Gasteiger partial charge in [-0.3, -0.25) is 9.30 Å². The summed E-state index contributed by atoms with van der Waals surface area (Å²) in [5.41, 5.74) is 3.57. The van der Waals surface area contributed by atoms with Crippen LogP contribution in [0, 0.1) is 35.0 Å². The third-order valence-corrected chi connectivity index (χ3v) is 14.5. The number of aliphatic imine (C=N–C) groups is 1. The van der Waals surface area contributed by atoms with E-state index in [4.69, 9.17) is 4.99 Å². The number of hydrogen-bond donors (Lipinski definition) is 1. The Hall–Kier alpha value is -1.76. The maximum absolute atomic E-state index is 14.6. The predicted molar refractivity (Wildman–Crippen MR) is 172 cm³/mol. The zero-order valence-corrected chi connectivity index (χ0v) is 27.2. The summed E-state index contributed by atoms with van der Waals surface area (Å²) in [7, 11) is -1.54. The second-order valence-corrected chi connectivity index (χ2v) is 17.2. The molecule has 1 spiro atoms. The molecule has 0 radical (unpaired) electrons. The van der Waals surface area contributed by atoms with Crippen LogP contribution in [-0.4, -0.2) is 52.7 Å². The van der Waals surface area contributed by atoms with E-state index in [1.807, 2.05) is 19.1 Å². The topological polar surface area (TPSA) is 65.0 Å². The molecule has 41 heavy (non-hydrogen) atoms. The summed E-state index contributed by atoms with van der Waals surface area (Å²) < 4.78 is 31.0. The standard InChI is InChI=1S/C34H54N4O2S/c1-6-7-8-9-14-32(4)21-30(36-24-34-20-27-13-15-33(34,23-34)19-25(2)18-27)35-22-29(32)41(39,40)38-17-16-37(5)28-12-10-11-26(3)31(28)38/h10-12,25,27,29H,6-9,13-24H2,1-5H3,(H,35,36). The van der Waals surface area contributed by atoms with Gasteiger partial charge in [0.15, 0.2) is 0 Å². The molecule has 4 fully saturated rings. The van der Waals surface area contributed by atoms with Crippen LogP contribution in [0.4, 0.5) is 11.4 Å². The Balaban J connectivity index is 1.24. The number of unbranched alkanes of at least 4 members (excludes halogenated alkanes) is 3. The summed E-state index contributed by atoms with van der Waals surface area (Å²) in [4.78, 5) is 7.21. The van der Waals surface area contributed by atoms with Crippen LogP contribution in [0.5, 0.6) is 0 Å². The summed E-state index contributed by atoms with van der Waals surface area (Å²) in [6.07, 6.45) is 14.7. The fourth-order valence-electron chi connectivity index (χ4n) is 9.79. The van der Waals surface area contributed by atoms with Gasteiger partial charge in [-0.2, -0.15) is 0 Å². The van der Waals surface area contributed by atoms with Crippen molar-refractivity contribution < 1.29 is 8.42 Å². The number of fused-ring (bicyclic) bond motifs is 4. The lowest BCUT2D eigenvalue weighted by atomic mass is 9.74. The molecule has 1 N–H and O–H groups in total. The van der Waals surface area contributed by atoms with E-state index in [0.717, 1.165) is 60.4 Å². The maximum Gasteiger partial charge on any atom is 0.240 e. The van der Waals surface area contributed by atoms with Crippen molar-refractivity contribution in [3.05, 3.63) is 23.8 Å². The molecule has 0 amide bonds. The minimum atomic E-state index is -3.60. The first-order valence-corrected chi connectivity index (χ1v) is 18.1. The van der Waals surface area contributed by atoms with Crippen molar-refractivity contribution in [3.63, 3.8) is 0 Å². The molecule has 0 saturated heterocycles. The molecule has 6 aliphatic rings. The highest BCUT2D eigenvalue weighted by Gasteiger charge is 2.69. The SMILES string of the molecule is CCCCCCC1(C)CC(NCC23CC4CCC2(CC(C)C4)C3)=NCC1S(=O)(=O)N1CCN(C)c2cccc(C)c21. The lowest BCUT2D eigenvalue weighted by molar-refractivity contribution is 0.201. The van der Waals surface area contributed by atoms with Gasteiger partial charge in [-0.1, -0.05) is 58.6 Å². The monoisotopic (exact) mass is 582 g/mol. The first-order valence-electron chi connectivity index (χ1n) is 16.6. The second-order valence-electron chi connectivity index (χ2n) is 15.1. The number of likely N-dealkylation sites (N-methyl/N-ethyl adjacent to an activating group) is 1. The van der Waals surface area contributed by atoms with Gasteiger partial charge in [0.25, 0.3) is 0 Å². The van der Waals surface area contributed by atoms with E-state index in [2.05, 4.69) is 44.1 Å². The van der Waals surface area contributed by atoms with Crippen LogP contribution >= 0.6 is 0 Å². The molecule has 6 nitrogen and oxygen atoms in total. The molecule has 0 aromatic heterocycles. The molecule has 7 rings (SSSR count). The minimum Gasteiger partial charge on any atom is -0.373 e. The molecule has 2 heterocycles. The number of rotatable bonds is 9. The quantitative estimate of drug-likeness (QED) is 0.321. The van der Waals surface area contributed by atoms with Gasteiger partial charge in [-0.25, -0.2) is 8.42 Å². The fourth-order valence-corrected chi connectivity index (χ4v) is 12.1. The summed E-state index contributed by atoms with van der Waals surface area (Å²) in [6, 6.07) is 6.13. The molecule has 4 aliphatic carbocycles. The molecule has 6 atom stereocenters. The zero-order valence-electron chi connectivity index (χ0n) is 26.3. The number of nitrogens with one attached hydrogen (secondary N) is 1. The lowest BCUT2D eigenvalue weighted by Crippen LogP contribution is -2.55. The first kappa shape index (κ1) is 29.3. The van der Waals surface area contributed by atoms with Gasteiger partial charge in [-0.05, 0) is 91.6 Å². The number of hydrogen-bond acceptors (Lipinski definition) is 5. The summed E-state index contributed by atoms with van der Waals surface area (Å²) in [5, 5.41) is 3.37. The smallest absolute Gasteiger partial charge is 0.240 e. The Kier molecular flexibility index (Phi) is 7.69. The van der Waals surface area contributed by atoms with Gasteiger partial charge in [0.1, 0.15) is 5.25 Å². The number of amidine groups is 1. The molecule has 2 aliphatic heterocycles. The van der Waals surface area contributed by atoms with Gasteiger partial charge in [0.05, 0.1) is 30.3 Å². The molecular weight excluding hydrogens is 528 g/mol. The van der Waals surface area contributed by atoms with Crippen LogP contribution < -0.4 is 14.5 Å². The first-order chi connectivity index (χ1) is 19.5. The normalized spacial score (nSPS) is 36.3. The van der Waals surface area contributed by atoms with Gasteiger partial charge in [-0.15, -0.1) is 0 Å². The van der Waals surface area contributed by atoms with E-state index in [-0.39, 0.29) is 5.41 Å². The molecule has 1 aromatic carbocycles. The summed E-state index contributed by atoms with van der Waals surface area (Å²) in [6.45, 7) is 11.6. The molecule has 2 bridgehead atoms. The van der Waals surface area contributed by atoms with Crippen LogP contribution in [0.3, 0.4) is 0 Å². The van der Waals surface area contributed by atoms with Crippen molar-refractivity contribution in [3.8, 4) is 0 Å². The van der Waals surface area contributed by atoms with Crippen LogP contribution in [-0.2, 0) is 10.0 Å². The van der Waals surface area contributed by atoms with E-state index in [0.29, 0.717) is 30.5 Å². The summed E-state index contributed by atoms with van der Waals surface area (Å²) in [5.74, 6) is 2.82.